The van der Waals surface area contributed by atoms with Gasteiger partial charge in [-0.05, 0) is 51.2 Å². The minimum atomic E-state index is -0.797. The molecule has 11 heteroatoms. The first-order chi connectivity index (χ1) is 14.7. The molecule has 1 aromatic rings. The smallest absolute Gasteiger partial charge is 0.258 e. The summed E-state index contributed by atoms with van der Waals surface area (Å²) < 4.78 is 18.9. The van der Waals surface area contributed by atoms with Crippen LogP contribution in [0.5, 0.6) is 5.75 Å². The summed E-state index contributed by atoms with van der Waals surface area (Å²) in [6.07, 6.45) is 1.37. The molecule has 1 aromatic carbocycles. The number of ether oxygens (including phenoxy) is 1. The molecular weight excluding hydrogens is 429 g/mol. The first-order valence-electron chi connectivity index (χ1n) is 10.4. The molecule has 1 heterocycles. The SMILES string of the molecule is CC1NNC(C(=O)NC23CCC(NC(=O)COc4ccc(Cl)c(F)c4)(CC2)C(O)C3)N1. The number of fused-ring (bicyclic) bond motifs is 3. The lowest BCUT2D eigenvalue weighted by molar-refractivity contribution is -0.137. The lowest BCUT2D eigenvalue weighted by Gasteiger charge is -2.56. The van der Waals surface area contributed by atoms with Crippen molar-refractivity contribution in [1.29, 1.82) is 0 Å². The molecule has 3 unspecified atom stereocenters. The maximum atomic E-state index is 13.5. The number of carbonyl (C=O) groups is 2. The lowest BCUT2D eigenvalue weighted by atomic mass is 9.60. The average molecular weight is 456 g/mol. The number of aliphatic hydroxyl groups is 1. The van der Waals surface area contributed by atoms with Crippen molar-refractivity contribution in [3.63, 3.8) is 0 Å². The summed E-state index contributed by atoms with van der Waals surface area (Å²) >= 11 is 5.64. The molecule has 1 saturated heterocycles. The van der Waals surface area contributed by atoms with E-state index in [1.54, 1.807) is 0 Å². The molecule has 1 aliphatic heterocycles. The largest absolute Gasteiger partial charge is 0.484 e. The third-order valence-corrected chi connectivity index (χ3v) is 6.79. The number of hydrazine groups is 1. The van der Waals surface area contributed by atoms with Crippen LogP contribution in [0.1, 0.15) is 39.0 Å². The molecule has 31 heavy (non-hydrogen) atoms. The molecule has 4 aliphatic rings. The standard InChI is InChI=1S/C20H27ClFN5O4/c1-11-23-17(27-26-11)18(30)25-19-4-6-20(7-5-19,15(28)9-19)24-16(29)10-31-12-2-3-13(21)14(22)8-12/h2-3,8,11,15,17,23,26-28H,4-7,9-10H2,1H3,(H,24,29)(H,25,30). The molecule has 2 bridgehead atoms. The van der Waals surface area contributed by atoms with E-state index in [1.807, 2.05) is 6.92 Å². The lowest BCUT2D eigenvalue weighted by Crippen LogP contribution is -2.71. The van der Waals surface area contributed by atoms with E-state index in [4.69, 9.17) is 16.3 Å². The average Bonchev–Trinajstić information content (AvgIpc) is 3.17. The van der Waals surface area contributed by atoms with E-state index in [0.29, 0.717) is 32.1 Å². The van der Waals surface area contributed by atoms with Crippen molar-refractivity contribution in [2.45, 2.75) is 68.5 Å². The van der Waals surface area contributed by atoms with Gasteiger partial charge in [-0.2, -0.15) is 0 Å². The Balaban J connectivity index is 1.31. The predicted molar refractivity (Wildman–Crippen MR) is 110 cm³/mol. The maximum absolute atomic E-state index is 13.5. The van der Waals surface area contributed by atoms with Gasteiger partial charge in [0.2, 0.25) is 0 Å². The normalized spacial score (nSPS) is 34.4. The topological polar surface area (TPSA) is 124 Å². The van der Waals surface area contributed by atoms with Crippen molar-refractivity contribution in [3.05, 3.63) is 29.0 Å². The highest BCUT2D eigenvalue weighted by Crippen LogP contribution is 2.47. The van der Waals surface area contributed by atoms with Gasteiger partial charge in [0.05, 0.1) is 22.8 Å². The summed E-state index contributed by atoms with van der Waals surface area (Å²) in [5.74, 6) is -1.000. The quantitative estimate of drug-likeness (QED) is 0.364. The zero-order valence-electron chi connectivity index (χ0n) is 17.1. The fraction of sp³-hybridized carbons (Fsp3) is 0.600. The summed E-state index contributed by atoms with van der Waals surface area (Å²) in [6, 6.07) is 3.95. The number of benzene rings is 1. The van der Waals surface area contributed by atoms with Crippen LogP contribution in [0.2, 0.25) is 5.02 Å². The second kappa shape index (κ2) is 8.51. The third kappa shape index (κ3) is 4.63. The van der Waals surface area contributed by atoms with Crippen LogP contribution in [0.4, 0.5) is 4.39 Å². The van der Waals surface area contributed by atoms with Crippen LogP contribution in [0.3, 0.4) is 0 Å². The molecule has 2 amide bonds. The van der Waals surface area contributed by atoms with Gasteiger partial charge in [0, 0.05) is 11.6 Å². The van der Waals surface area contributed by atoms with Gasteiger partial charge in [-0.15, -0.1) is 0 Å². The van der Waals surface area contributed by atoms with Crippen LogP contribution in [-0.4, -0.2) is 53.0 Å². The Bertz CT molecular complexity index is 864. The maximum Gasteiger partial charge on any atom is 0.258 e. The van der Waals surface area contributed by atoms with E-state index in [0.717, 1.165) is 6.07 Å². The van der Waals surface area contributed by atoms with Crippen LogP contribution in [-0.2, 0) is 9.59 Å². The first-order valence-corrected chi connectivity index (χ1v) is 10.7. The summed E-state index contributed by atoms with van der Waals surface area (Å²) in [4.78, 5) is 25.1. The van der Waals surface area contributed by atoms with E-state index in [2.05, 4.69) is 26.8 Å². The van der Waals surface area contributed by atoms with Gasteiger partial charge in [0.25, 0.3) is 11.8 Å². The molecule has 0 radical (unpaired) electrons. The number of rotatable bonds is 6. The fourth-order valence-electron chi connectivity index (χ4n) is 4.71. The molecular formula is C20H27ClFN5O4. The number of hydrogen-bond acceptors (Lipinski definition) is 7. The Labute approximate surface area is 184 Å². The van der Waals surface area contributed by atoms with Gasteiger partial charge < -0.3 is 20.5 Å². The molecule has 9 nitrogen and oxygen atoms in total. The highest BCUT2D eigenvalue weighted by Gasteiger charge is 2.55. The van der Waals surface area contributed by atoms with Crippen molar-refractivity contribution in [3.8, 4) is 5.75 Å². The number of carbonyl (C=O) groups excluding carboxylic acids is 2. The van der Waals surface area contributed by atoms with Gasteiger partial charge in [-0.3, -0.25) is 14.9 Å². The van der Waals surface area contributed by atoms with Gasteiger partial charge in [-0.1, -0.05) is 11.6 Å². The van der Waals surface area contributed by atoms with Crippen molar-refractivity contribution in [2.75, 3.05) is 6.61 Å². The van der Waals surface area contributed by atoms with Gasteiger partial charge >= 0.3 is 0 Å². The number of aliphatic hydroxyl groups excluding tert-OH is 1. The van der Waals surface area contributed by atoms with E-state index >= 15 is 0 Å². The molecule has 6 N–H and O–H groups in total. The molecule has 5 rings (SSSR count). The van der Waals surface area contributed by atoms with Crippen LogP contribution >= 0.6 is 11.6 Å². The van der Waals surface area contributed by atoms with E-state index in [1.165, 1.54) is 12.1 Å². The molecule has 0 aromatic heterocycles. The molecule has 3 aliphatic carbocycles. The summed E-state index contributed by atoms with van der Waals surface area (Å²) in [6.45, 7) is 1.59. The van der Waals surface area contributed by atoms with Crippen LogP contribution in [0.25, 0.3) is 0 Å². The molecule has 3 atom stereocenters. The summed E-state index contributed by atoms with van der Waals surface area (Å²) in [5, 5.41) is 19.9. The minimum absolute atomic E-state index is 0.0222. The van der Waals surface area contributed by atoms with Crippen molar-refractivity contribution in [1.82, 2.24) is 26.8 Å². The van der Waals surface area contributed by atoms with Crippen molar-refractivity contribution in [2.24, 2.45) is 0 Å². The monoisotopic (exact) mass is 455 g/mol. The fourth-order valence-corrected chi connectivity index (χ4v) is 4.83. The minimum Gasteiger partial charge on any atom is -0.484 e. The summed E-state index contributed by atoms with van der Waals surface area (Å²) in [5.41, 5.74) is 4.58. The van der Waals surface area contributed by atoms with Gasteiger partial charge in [0.1, 0.15) is 11.6 Å². The molecule has 0 spiro atoms. The second-order valence-corrected chi connectivity index (χ2v) is 9.08. The number of halogens is 2. The van der Waals surface area contributed by atoms with E-state index in [9.17, 15) is 19.1 Å². The summed E-state index contributed by atoms with van der Waals surface area (Å²) in [7, 11) is 0. The second-order valence-electron chi connectivity index (χ2n) is 8.67. The Morgan fingerprint density at radius 1 is 1.26 bits per heavy atom. The first kappa shape index (κ1) is 22.2. The number of hydrogen-bond donors (Lipinski definition) is 6. The van der Waals surface area contributed by atoms with Crippen molar-refractivity contribution < 1.29 is 23.8 Å². The Kier molecular flexibility index (Phi) is 6.10. The van der Waals surface area contributed by atoms with E-state index < -0.39 is 35.1 Å². The highest BCUT2D eigenvalue weighted by atomic mass is 35.5. The zero-order valence-corrected chi connectivity index (χ0v) is 17.9. The third-order valence-electron chi connectivity index (χ3n) is 6.48. The predicted octanol–water partition coefficient (Wildman–Crippen LogP) is 0.276. The Morgan fingerprint density at radius 2 is 2.00 bits per heavy atom. The van der Waals surface area contributed by atoms with Crippen LogP contribution < -0.4 is 31.5 Å². The number of amides is 2. The zero-order chi connectivity index (χ0) is 22.2. The number of nitrogens with one attached hydrogen (secondary N) is 5. The van der Waals surface area contributed by atoms with Crippen LogP contribution in [0, 0.1) is 5.82 Å². The Hall–Kier alpha value is -1.98. The highest BCUT2D eigenvalue weighted by molar-refractivity contribution is 6.30. The van der Waals surface area contributed by atoms with E-state index in [-0.39, 0.29) is 29.5 Å². The molecule has 4 fully saturated rings. The molecule has 170 valence electrons. The van der Waals surface area contributed by atoms with Gasteiger partial charge in [-0.25, -0.2) is 15.2 Å². The van der Waals surface area contributed by atoms with Gasteiger partial charge in [0.15, 0.2) is 12.8 Å². The molecule has 3 saturated carbocycles. The van der Waals surface area contributed by atoms with Crippen LogP contribution in [0.15, 0.2) is 18.2 Å². The van der Waals surface area contributed by atoms with Crippen molar-refractivity contribution >= 4 is 23.4 Å². The Morgan fingerprint density at radius 3 is 2.61 bits per heavy atom.